The molecule has 7 heteroatoms. The summed E-state index contributed by atoms with van der Waals surface area (Å²) in [4.78, 5) is 15.0. The fraction of sp³-hybridized carbons (Fsp3) is 0.650. The lowest BCUT2D eigenvalue weighted by atomic mass is 9.97. The minimum atomic E-state index is -3.24. The number of carbonyl (C=O) groups is 1. The van der Waals surface area contributed by atoms with Crippen LogP contribution >= 0.6 is 0 Å². The van der Waals surface area contributed by atoms with E-state index in [1.165, 1.54) is 35.5 Å². The third-order valence-electron chi connectivity index (χ3n) is 5.70. The van der Waals surface area contributed by atoms with Gasteiger partial charge in [0.15, 0.2) is 0 Å². The highest BCUT2D eigenvalue weighted by molar-refractivity contribution is 7.88. The predicted octanol–water partition coefficient (Wildman–Crippen LogP) is 2.53. The predicted molar refractivity (Wildman–Crippen MR) is 108 cm³/mol. The van der Waals surface area contributed by atoms with Gasteiger partial charge in [-0.15, -0.1) is 0 Å². The second kappa shape index (κ2) is 8.61. The number of hydrogen-bond acceptors (Lipinski definition) is 4. The monoisotopic (exact) mass is 393 g/mol. The van der Waals surface area contributed by atoms with Crippen molar-refractivity contribution in [2.45, 2.75) is 45.1 Å². The molecule has 2 heterocycles. The summed E-state index contributed by atoms with van der Waals surface area (Å²) in [5.74, 6) is -0.334. The molecule has 27 heavy (non-hydrogen) atoms. The lowest BCUT2D eigenvalue weighted by Gasteiger charge is -2.31. The number of benzene rings is 1. The van der Waals surface area contributed by atoms with Crippen LogP contribution < -0.4 is 10.2 Å². The van der Waals surface area contributed by atoms with E-state index in [2.05, 4.69) is 34.5 Å². The lowest BCUT2D eigenvalue weighted by Crippen LogP contribution is -2.45. The summed E-state index contributed by atoms with van der Waals surface area (Å²) in [6.07, 6.45) is 6.48. The van der Waals surface area contributed by atoms with Crippen molar-refractivity contribution >= 4 is 21.6 Å². The number of piperidine rings is 2. The topological polar surface area (TPSA) is 69.7 Å². The van der Waals surface area contributed by atoms with Crippen LogP contribution in [0.1, 0.15) is 50.6 Å². The number of anilines is 1. The summed E-state index contributed by atoms with van der Waals surface area (Å²) in [6.45, 7) is 5.00. The van der Waals surface area contributed by atoms with Crippen LogP contribution in [-0.2, 0) is 14.8 Å². The molecule has 6 nitrogen and oxygen atoms in total. The van der Waals surface area contributed by atoms with Crippen LogP contribution in [0.5, 0.6) is 0 Å². The largest absolute Gasteiger partial charge is 0.372 e. The van der Waals surface area contributed by atoms with E-state index < -0.39 is 10.0 Å². The van der Waals surface area contributed by atoms with Crippen LogP contribution in [0.4, 0.5) is 5.69 Å². The maximum absolute atomic E-state index is 12.6. The molecule has 1 N–H and O–H groups in total. The first-order chi connectivity index (χ1) is 12.8. The zero-order valence-electron chi connectivity index (χ0n) is 16.4. The van der Waals surface area contributed by atoms with Gasteiger partial charge in [0, 0.05) is 31.9 Å². The van der Waals surface area contributed by atoms with Crippen molar-refractivity contribution in [3.05, 3.63) is 29.8 Å². The maximum atomic E-state index is 12.6. The molecule has 0 aromatic heterocycles. The highest BCUT2D eigenvalue weighted by Gasteiger charge is 2.30. The molecule has 0 saturated carbocycles. The summed E-state index contributed by atoms with van der Waals surface area (Å²) in [6, 6.07) is 8.34. The molecular formula is C20H31N3O3S. The Morgan fingerprint density at radius 2 is 1.74 bits per heavy atom. The Kier molecular flexibility index (Phi) is 6.42. The Hall–Kier alpha value is -1.60. The molecule has 150 valence electrons. The van der Waals surface area contributed by atoms with Gasteiger partial charge in [0.25, 0.3) is 0 Å². The van der Waals surface area contributed by atoms with E-state index in [0.717, 1.165) is 31.5 Å². The minimum Gasteiger partial charge on any atom is -0.372 e. The van der Waals surface area contributed by atoms with E-state index in [-0.39, 0.29) is 24.4 Å². The first-order valence-corrected chi connectivity index (χ1v) is 11.8. The summed E-state index contributed by atoms with van der Waals surface area (Å²) >= 11 is 0. The van der Waals surface area contributed by atoms with E-state index in [1.807, 2.05) is 6.92 Å². The number of amides is 1. The van der Waals surface area contributed by atoms with Crippen molar-refractivity contribution in [2.24, 2.45) is 5.92 Å². The number of nitrogens with zero attached hydrogens (tertiary/aromatic N) is 2. The van der Waals surface area contributed by atoms with Gasteiger partial charge in [0.2, 0.25) is 15.9 Å². The molecule has 0 aliphatic carbocycles. The van der Waals surface area contributed by atoms with E-state index in [9.17, 15) is 13.2 Å². The summed E-state index contributed by atoms with van der Waals surface area (Å²) < 4.78 is 24.9. The number of rotatable bonds is 5. The van der Waals surface area contributed by atoms with Gasteiger partial charge in [-0.05, 0) is 56.7 Å². The molecule has 0 unspecified atom stereocenters. The molecule has 2 saturated heterocycles. The standard InChI is InChI=1S/C20H31N3O3S/c1-16(17-8-10-19(11-9-17)22-12-4-3-5-13-22)21-20(24)18-7-6-14-23(15-18)27(2,25)26/h8-11,16,18H,3-7,12-15H2,1-2H3,(H,21,24)/t16-,18-/m0/s1. The maximum Gasteiger partial charge on any atom is 0.224 e. The molecule has 0 bridgehead atoms. The summed E-state index contributed by atoms with van der Waals surface area (Å²) in [5, 5.41) is 3.06. The summed E-state index contributed by atoms with van der Waals surface area (Å²) in [7, 11) is -3.24. The molecule has 2 aliphatic rings. The van der Waals surface area contributed by atoms with Crippen LogP contribution in [0.3, 0.4) is 0 Å². The lowest BCUT2D eigenvalue weighted by molar-refractivity contribution is -0.126. The van der Waals surface area contributed by atoms with Crippen LogP contribution in [0, 0.1) is 5.92 Å². The van der Waals surface area contributed by atoms with Gasteiger partial charge in [0.05, 0.1) is 18.2 Å². The second-order valence-electron chi connectivity index (χ2n) is 7.83. The van der Waals surface area contributed by atoms with E-state index >= 15 is 0 Å². The molecule has 1 aromatic carbocycles. The molecule has 0 radical (unpaired) electrons. The van der Waals surface area contributed by atoms with Gasteiger partial charge >= 0.3 is 0 Å². The van der Waals surface area contributed by atoms with E-state index in [4.69, 9.17) is 0 Å². The Labute approximate surface area is 163 Å². The molecule has 2 atom stereocenters. The zero-order chi connectivity index (χ0) is 19.4. The van der Waals surface area contributed by atoms with Crippen LogP contribution in [-0.4, -0.2) is 51.1 Å². The third-order valence-corrected chi connectivity index (χ3v) is 6.97. The molecule has 2 aliphatic heterocycles. The highest BCUT2D eigenvalue weighted by atomic mass is 32.2. The van der Waals surface area contributed by atoms with Gasteiger partial charge in [-0.25, -0.2) is 12.7 Å². The molecule has 2 fully saturated rings. The zero-order valence-corrected chi connectivity index (χ0v) is 17.2. The number of carbonyl (C=O) groups excluding carboxylic acids is 1. The Morgan fingerprint density at radius 1 is 1.07 bits per heavy atom. The van der Waals surface area contributed by atoms with Crippen molar-refractivity contribution in [1.82, 2.24) is 9.62 Å². The molecular weight excluding hydrogens is 362 g/mol. The number of hydrogen-bond donors (Lipinski definition) is 1. The molecule has 0 spiro atoms. The van der Waals surface area contributed by atoms with Crippen LogP contribution in [0.15, 0.2) is 24.3 Å². The third kappa shape index (κ3) is 5.23. The molecule has 1 aromatic rings. The minimum absolute atomic E-state index is 0.0593. The average Bonchev–Trinajstić information content (AvgIpc) is 2.68. The normalized spacial score (nSPS) is 23.0. The Morgan fingerprint density at radius 3 is 2.37 bits per heavy atom. The van der Waals surface area contributed by atoms with Crippen LogP contribution in [0.2, 0.25) is 0 Å². The van der Waals surface area contributed by atoms with Crippen LogP contribution in [0.25, 0.3) is 0 Å². The highest BCUT2D eigenvalue weighted by Crippen LogP contribution is 2.24. The SMILES string of the molecule is C[C@H](NC(=O)[C@H]1CCCN(S(C)(=O)=O)C1)c1ccc(N2CCCCC2)cc1. The fourth-order valence-corrected chi connectivity index (χ4v) is 4.91. The second-order valence-corrected chi connectivity index (χ2v) is 9.81. The Balaban J connectivity index is 1.57. The number of nitrogens with one attached hydrogen (secondary N) is 1. The van der Waals surface area contributed by atoms with Gasteiger partial charge in [0.1, 0.15) is 0 Å². The van der Waals surface area contributed by atoms with Crippen molar-refractivity contribution < 1.29 is 13.2 Å². The fourth-order valence-electron chi connectivity index (χ4n) is 4.00. The first-order valence-electron chi connectivity index (χ1n) is 9.95. The molecule has 1 amide bonds. The van der Waals surface area contributed by atoms with Gasteiger partial charge < -0.3 is 10.2 Å². The smallest absolute Gasteiger partial charge is 0.224 e. The van der Waals surface area contributed by atoms with Crippen molar-refractivity contribution in [2.75, 3.05) is 37.3 Å². The van der Waals surface area contributed by atoms with Gasteiger partial charge in [-0.2, -0.15) is 0 Å². The van der Waals surface area contributed by atoms with Gasteiger partial charge in [-0.3, -0.25) is 4.79 Å². The average molecular weight is 394 g/mol. The molecule has 3 rings (SSSR count). The Bertz CT molecular complexity index is 742. The number of sulfonamides is 1. The summed E-state index contributed by atoms with van der Waals surface area (Å²) in [5.41, 5.74) is 2.31. The van der Waals surface area contributed by atoms with Crippen molar-refractivity contribution in [1.29, 1.82) is 0 Å². The van der Waals surface area contributed by atoms with E-state index in [0.29, 0.717) is 6.54 Å². The quantitative estimate of drug-likeness (QED) is 0.835. The van der Waals surface area contributed by atoms with Crippen molar-refractivity contribution in [3.8, 4) is 0 Å². The van der Waals surface area contributed by atoms with Crippen molar-refractivity contribution in [3.63, 3.8) is 0 Å². The van der Waals surface area contributed by atoms with Gasteiger partial charge in [-0.1, -0.05) is 12.1 Å². The van der Waals surface area contributed by atoms with E-state index in [1.54, 1.807) is 0 Å². The first kappa shape index (κ1) is 20.1.